The summed E-state index contributed by atoms with van der Waals surface area (Å²) in [7, 11) is 0. The lowest BCUT2D eigenvalue weighted by Gasteiger charge is -2.40. The first-order valence-electron chi connectivity index (χ1n) is 8.59. The Kier molecular flexibility index (Phi) is 5.03. The van der Waals surface area contributed by atoms with E-state index >= 15 is 0 Å². The van der Waals surface area contributed by atoms with E-state index in [0.717, 1.165) is 31.0 Å². The molecule has 7 nitrogen and oxygen atoms in total. The van der Waals surface area contributed by atoms with Crippen LogP contribution in [0.25, 0.3) is 0 Å². The number of pyridine rings is 1. The van der Waals surface area contributed by atoms with Crippen molar-refractivity contribution in [2.75, 3.05) is 19.7 Å². The van der Waals surface area contributed by atoms with Crippen molar-refractivity contribution in [3.63, 3.8) is 0 Å². The fourth-order valence-corrected chi connectivity index (χ4v) is 3.47. The maximum Gasteiger partial charge on any atom is 0.330 e. The Morgan fingerprint density at radius 3 is 2.60 bits per heavy atom. The Balaban J connectivity index is 1.66. The van der Waals surface area contributed by atoms with Gasteiger partial charge in [-0.05, 0) is 32.3 Å². The van der Waals surface area contributed by atoms with Gasteiger partial charge in [0.2, 0.25) is 5.88 Å². The molecule has 1 saturated heterocycles. The Bertz CT molecular complexity index is 718. The van der Waals surface area contributed by atoms with Crippen LogP contribution in [-0.4, -0.2) is 50.2 Å². The van der Waals surface area contributed by atoms with Crippen molar-refractivity contribution in [1.82, 2.24) is 19.4 Å². The van der Waals surface area contributed by atoms with Crippen LogP contribution in [0.4, 0.5) is 0 Å². The summed E-state index contributed by atoms with van der Waals surface area (Å²) < 4.78 is 7.17. The normalized spacial score (nSPS) is 17.4. The summed E-state index contributed by atoms with van der Waals surface area (Å²) in [5, 5.41) is 9.85. The zero-order valence-corrected chi connectivity index (χ0v) is 14.7. The monoisotopic (exact) mass is 344 g/mol. The maximum absolute atomic E-state index is 12.0. The maximum atomic E-state index is 12.0. The lowest BCUT2D eigenvalue weighted by atomic mass is 9.86. The number of likely N-dealkylation sites (tertiary alicyclic amines) is 1. The molecule has 0 atom stereocenters. The zero-order valence-electron chi connectivity index (χ0n) is 14.7. The summed E-state index contributed by atoms with van der Waals surface area (Å²) in [5.74, 6) is 0.591. The predicted molar refractivity (Wildman–Crippen MR) is 92.5 cm³/mol. The van der Waals surface area contributed by atoms with Gasteiger partial charge in [0.05, 0.1) is 6.61 Å². The van der Waals surface area contributed by atoms with E-state index in [1.165, 1.54) is 0 Å². The molecule has 134 valence electrons. The van der Waals surface area contributed by atoms with E-state index in [1.807, 2.05) is 36.7 Å². The van der Waals surface area contributed by atoms with Gasteiger partial charge in [-0.2, -0.15) is 0 Å². The van der Waals surface area contributed by atoms with Gasteiger partial charge in [0, 0.05) is 44.3 Å². The lowest BCUT2D eigenvalue weighted by molar-refractivity contribution is -0.150. The molecule has 0 aromatic carbocycles. The molecule has 1 N–H and O–H groups in total. The highest BCUT2D eigenvalue weighted by Crippen LogP contribution is 2.32. The molecular weight excluding hydrogens is 320 g/mol. The number of hydrogen-bond acceptors (Lipinski definition) is 5. The van der Waals surface area contributed by atoms with E-state index < -0.39 is 11.5 Å². The van der Waals surface area contributed by atoms with Crippen molar-refractivity contribution in [2.24, 2.45) is 0 Å². The first kappa shape index (κ1) is 17.4. The molecule has 2 aromatic heterocycles. The Labute approximate surface area is 147 Å². The summed E-state index contributed by atoms with van der Waals surface area (Å²) in [6.45, 7) is 6.58. The van der Waals surface area contributed by atoms with Crippen LogP contribution in [0.15, 0.2) is 30.7 Å². The van der Waals surface area contributed by atoms with Crippen molar-refractivity contribution < 1.29 is 14.6 Å². The first-order valence-corrected chi connectivity index (χ1v) is 8.59. The van der Waals surface area contributed by atoms with Crippen molar-refractivity contribution in [2.45, 2.75) is 38.8 Å². The number of carboxylic acids is 1. The number of aromatic nitrogens is 3. The molecule has 7 heteroatoms. The van der Waals surface area contributed by atoms with Crippen LogP contribution in [-0.2, 0) is 16.9 Å². The minimum Gasteiger partial charge on any atom is -0.479 e. The Morgan fingerprint density at radius 2 is 2.08 bits per heavy atom. The van der Waals surface area contributed by atoms with E-state index in [-0.39, 0.29) is 0 Å². The molecule has 0 spiro atoms. The summed E-state index contributed by atoms with van der Waals surface area (Å²) in [4.78, 5) is 22.8. The van der Waals surface area contributed by atoms with E-state index in [0.29, 0.717) is 25.3 Å². The highest BCUT2D eigenvalue weighted by atomic mass is 16.5. The largest absolute Gasteiger partial charge is 0.479 e. The Morgan fingerprint density at radius 1 is 1.32 bits per heavy atom. The number of piperidine rings is 1. The molecule has 0 aliphatic carbocycles. The molecule has 2 aromatic rings. The van der Waals surface area contributed by atoms with Gasteiger partial charge in [-0.3, -0.25) is 4.90 Å². The van der Waals surface area contributed by atoms with E-state index in [2.05, 4.69) is 14.9 Å². The second kappa shape index (κ2) is 7.23. The number of imidazole rings is 1. The van der Waals surface area contributed by atoms with Crippen molar-refractivity contribution in [3.05, 3.63) is 42.1 Å². The van der Waals surface area contributed by atoms with E-state index in [4.69, 9.17) is 4.74 Å². The molecule has 3 heterocycles. The van der Waals surface area contributed by atoms with Crippen LogP contribution in [0.2, 0.25) is 0 Å². The predicted octanol–water partition coefficient (Wildman–Crippen LogP) is 2.06. The van der Waals surface area contributed by atoms with Crippen molar-refractivity contribution in [3.8, 4) is 5.88 Å². The lowest BCUT2D eigenvalue weighted by Crippen LogP contribution is -2.51. The van der Waals surface area contributed by atoms with Gasteiger partial charge in [-0.1, -0.05) is 6.07 Å². The molecule has 1 fully saturated rings. The molecular formula is C18H24N4O3. The second-order valence-corrected chi connectivity index (χ2v) is 6.40. The number of nitrogens with zero attached hydrogens (tertiary/aromatic N) is 4. The van der Waals surface area contributed by atoms with Crippen LogP contribution < -0.4 is 4.74 Å². The Hall–Kier alpha value is -2.41. The van der Waals surface area contributed by atoms with Crippen molar-refractivity contribution >= 4 is 5.97 Å². The van der Waals surface area contributed by atoms with Gasteiger partial charge < -0.3 is 14.4 Å². The third kappa shape index (κ3) is 3.51. The van der Waals surface area contributed by atoms with Gasteiger partial charge in [0.25, 0.3) is 0 Å². The molecule has 0 amide bonds. The first-order chi connectivity index (χ1) is 12.0. The number of rotatable bonds is 6. The molecule has 0 saturated carbocycles. The molecule has 0 unspecified atom stereocenters. The number of hydrogen-bond donors (Lipinski definition) is 1. The summed E-state index contributed by atoms with van der Waals surface area (Å²) in [6.07, 6.45) is 6.38. The molecule has 0 radical (unpaired) electrons. The molecule has 25 heavy (non-hydrogen) atoms. The molecule has 1 aliphatic heterocycles. The summed E-state index contributed by atoms with van der Waals surface area (Å²) in [5.41, 5.74) is 0.207. The van der Waals surface area contributed by atoms with Gasteiger partial charge in [0.1, 0.15) is 11.4 Å². The number of carbonyl (C=O) groups is 1. The van der Waals surface area contributed by atoms with Crippen LogP contribution >= 0.6 is 0 Å². The third-order valence-corrected chi connectivity index (χ3v) is 4.86. The second-order valence-electron chi connectivity index (χ2n) is 6.40. The average Bonchev–Trinajstić information content (AvgIpc) is 3.04. The van der Waals surface area contributed by atoms with Crippen molar-refractivity contribution in [1.29, 1.82) is 0 Å². The topological polar surface area (TPSA) is 80.5 Å². The number of aliphatic carboxylic acids is 1. The number of ether oxygens (including phenoxy) is 1. The van der Waals surface area contributed by atoms with Crippen LogP contribution in [0.5, 0.6) is 5.88 Å². The molecule has 0 bridgehead atoms. The summed E-state index contributed by atoms with van der Waals surface area (Å²) >= 11 is 0. The average molecular weight is 344 g/mol. The van der Waals surface area contributed by atoms with Crippen LogP contribution in [0.3, 0.4) is 0 Å². The zero-order chi connectivity index (χ0) is 17.9. The number of aryl methyl sites for hydroxylation is 1. The molecule has 3 rings (SSSR count). The van der Waals surface area contributed by atoms with Crippen LogP contribution in [0, 0.1) is 6.92 Å². The fourth-order valence-electron chi connectivity index (χ4n) is 3.47. The van der Waals surface area contributed by atoms with Gasteiger partial charge in [-0.25, -0.2) is 14.8 Å². The fraction of sp³-hybridized carbons (Fsp3) is 0.500. The van der Waals surface area contributed by atoms with Gasteiger partial charge in [-0.15, -0.1) is 0 Å². The highest BCUT2D eigenvalue weighted by Gasteiger charge is 2.43. The van der Waals surface area contributed by atoms with E-state index in [1.54, 1.807) is 12.4 Å². The minimum absolute atomic E-state index is 0.560. The van der Waals surface area contributed by atoms with Gasteiger partial charge in [0.15, 0.2) is 0 Å². The van der Waals surface area contributed by atoms with E-state index in [9.17, 15) is 9.90 Å². The SMILES string of the molecule is CCOc1ccc(CN2CCC(C(=O)O)(n3ccnc3C)CC2)cn1. The van der Waals surface area contributed by atoms with Gasteiger partial charge >= 0.3 is 5.97 Å². The minimum atomic E-state index is -0.895. The molecule has 1 aliphatic rings. The third-order valence-electron chi connectivity index (χ3n) is 4.86. The standard InChI is InChI=1S/C18H24N4O3/c1-3-25-16-5-4-15(12-20-16)13-21-9-6-18(7-10-21,17(23)24)22-11-8-19-14(22)2/h4-5,8,11-12H,3,6-7,9-10,13H2,1-2H3,(H,23,24). The smallest absolute Gasteiger partial charge is 0.330 e. The van der Waals surface area contributed by atoms with Crippen LogP contribution in [0.1, 0.15) is 31.2 Å². The summed E-state index contributed by atoms with van der Waals surface area (Å²) in [6, 6.07) is 3.89. The number of carboxylic acid groups (broad SMARTS) is 1. The highest BCUT2D eigenvalue weighted by molar-refractivity contribution is 5.77. The quantitative estimate of drug-likeness (QED) is 0.864.